The molecule has 1 fully saturated rings. The zero-order valence-electron chi connectivity index (χ0n) is 31.1. The molecule has 3 N–H and O–H groups in total. The van der Waals surface area contributed by atoms with Crippen molar-refractivity contribution < 1.29 is 53.3 Å². The molecular formula is C40H56O11. The van der Waals surface area contributed by atoms with Crippen LogP contribution in [0.15, 0.2) is 89.1 Å². The van der Waals surface area contributed by atoms with Crippen LogP contribution in [0, 0.1) is 5.92 Å². The molecule has 0 bridgehead atoms. The van der Waals surface area contributed by atoms with Crippen LogP contribution in [0.25, 0.3) is 0 Å². The summed E-state index contributed by atoms with van der Waals surface area (Å²) in [7, 11) is 2.93. The minimum Gasteiger partial charge on any atom is -0.458 e. The van der Waals surface area contributed by atoms with Gasteiger partial charge in [-0.1, -0.05) is 72.2 Å². The molecule has 1 aromatic carbocycles. The summed E-state index contributed by atoms with van der Waals surface area (Å²) in [4.78, 5) is 26.0. The Bertz CT molecular complexity index is 1430. The number of rotatable bonds is 7. The Kier molecular flexibility index (Phi) is 16.9. The maximum atomic E-state index is 13.3. The van der Waals surface area contributed by atoms with Crippen LogP contribution in [0.3, 0.4) is 0 Å². The number of cyclic esters (lactones) is 1. The maximum Gasteiger partial charge on any atom is 0.338 e. The molecule has 282 valence electrons. The van der Waals surface area contributed by atoms with Gasteiger partial charge in [-0.2, -0.15) is 0 Å². The number of allylic oxidation sites excluding steroid dienone is 7. The Morgan fingerprint density at radius 3 is 2.29 bits per heavy atom. The second-order valence-electron chi connectivity index (χ2n) is 13.4. The van der Waals surface area contributed by atoms with Crippen molar-refractivity contribution >= 4 is 11.9 Å². The van der Waals surface area contributed by atoms with Crippen LogP contribution in [-0.4, -0.2) is 103 Å². The molecule has 1 aromatic rings. The van der Waals surface area contributed by atoms with Gasteiger partial charge in [0.15, 0.2) is 6.29 Å². The van der Waals surface area contributed by atoms with Crippen LogP contribution in [0.2, 0.25) is 0 Å². The van der Waals surface area contributed by atoms with E-state index in [9.17, 15) is 24.9 Å². The molecule has 11 heteroatoms. The molecule has 10 atom stereocenters. The van der Waals surface area contributed by atoms with E-state index in [1.165, 1.54) is 14.2 Å². The Morgan fingerprint density at radius 1 is 0.922 bits per heavy atom. The summed E-state index contributed by atoms with van der Waals surface area (Å²) < 4.78 is 34.5. The Morgan fingerprint density at radius 2 is 1.63 bits per heavy atom. The summed E-state index contributed by atoms with van der Waals surface area (Å²) in [6.45, 7) is 10.9. The highest BCUT2D eigenvalue weighted by Crippen LogP contribution is 2.27. The zero-order valence-corrected chi connectivity index (χ0v) is 31.1. The summed E-state index contributed by atoms with van der Waals surface area (Å²) in [5.74, 6) is -1.34. The minimum absolute atomic E-state index is 0.0997. The lowest BCUT2D eigenvalue weighted by Gasteiger charge is -2.41. The van der Waals surface area contributed by atoms with Gasteiger partial charge < -0.3 is 43.7 Å². The van der Waals surface area contributed by atoms with Crippen LogP contribution in [0.4, 0.5) is 0 Å². The number of carbonyl (C=O) groups excluding carboxylic acids is 2. The van der Waals surface area contributed by atoms with Crippen LogP contribution in [-0.2, 0) is 33.2 Å². The van der Waals surface area contributed by atoms with E-state index in [1.807, 2.05) is 58.1 Å². The first-order chi connectivity index (χ1) is 24.2. The van der Waals surface area contributed by atoms with Crippen molar-refractivity contribution in [2.75, 3.05) is 20.8 Å². The van der Waals surface area contributed by atoms with E-state index in [0.717, 1.165) is 16.7 Å². The molecule has 0 aliphatic carbocycles. The number of hydrogen-bond acceptors (Lipinski definition) is 11. The average molecular weight is 713 g/mol. The third-order valence-electron chi connectivity index (χ3n) is 8.99. The summed E-state index contributed by atoms with van der Waals surface area (Å²) in [6.07, 6.45) is 4.55. The number of methoxy groups -OCH3 is 2. The number of hydrogen-bond donors (Lipinski definition) is 3. The fraction of sp³-hybridized carbons (Fsp3) is 0.550. The zero-order chi connectivity index (χ0) is 37.7. The second-order valence-corrected chi connectivity index (χ2v) is 13.4. The Hall–Kier alpha value is -3.42. The van der Waals surface area contributed by atoms with E-state index in [0.29, 0.717) is 24.0 Å². The lowest BCUT2D eigenvalue weighted by molar-refractivity contribution is -0.305. The minimum atomic E-state index is -1.32. The van der Waals surface area contributed by atoms with Crippen LogP contribution >= 0.6 is 0 Å². The molecule has 2 aliphatic heterocycles. The first-order valence-corrected chi connectivity index (χ1v) is 17.5. The van der Waals surface area contributed by atoms with Gasteiger partial charge in [-0.15, -0.1) is 0 Å². The second kappa shape index (κ2) is 20.6. The molecule has 11 nitrogen and oxygen atoms in total. The number of ether oxygens (including phenoxy) is 6. The predicted octanol–water partition coefficient (Wildman–Crippen LogP) is 5.16. The number of aliphatic hydroxyl groups is 3. The summed E-state index contributed by atoms with van der Waals surface area (Å²) >= 11 is 0. The molecule has 3 rings (SSSR count). The highest BCUT2D eigenvalue weighted by molar-refractivity contribution is 5.89. The quantitative estimate of drug-likeness (QED) is 0.322. The molecule has 0 spiro atoms. The molecule has 0 unspecified atom stereocenters. The molecule has 51 heavy (non-hydrogen) atoms. The lowest BCUT2D eigenvalue weighted by atomic mass is 9.97. The largest absolute Gasteiger partial charge is 0.458 e. The standard InChI is InChI=1S/C40H56O11/c1-24-13-12-16-32(41)34(46-7)22-31(23-48-39(45)30-14-10-9-11-15-30)50-38(44)28(5)21-26(3)19-25(2)20-27(4)33(18-17-24)51-40-36(43)35(42)37(47-8)29(6)49-40/h9-11,13-15,17-21,27,29,31-37,40-43H,12,16,22-23H2,1-8H3/b18-17+,24-13+,25-20+,26-19+,28-21+/t27-,29+,31+,32+,33-,34+,35+,36+,37+,40+/m1/s1. The van der Waals surface area contributed by atoms with Gasteiger partial charge in [-0.3, -0.25) is 0 Å². The maximum absolute atomic E-state index is 13.3. The monoisotopic (exact) mass is 712 g/mol. The first-order valence-electron chi connectivity index (χ1n) is 17.5. The average Bonchev–Trinajstić information content (AvgIpc) is 3.09. The van der Waals surface area contributed by atoms with Gasteiger partial charge in [0.1, 0.15) is 31.0 Å². The first kappa shape index (κ1) is 42.0. The van der Waals surface area contributed by atoms with Crippen molar-refractivity contribution in [2.24, 2.45) is 5.92 Å². The number of esters is 2. The molecule has 0 radical (unpaired) electrons. The van der Waals surface area contributed by atoms with E-state index in [4.69, 9.17) is 28.4 Å². The van der Waals surface area contributed by atoms with Gasteiger partial charge in [0.05, 0.1) is 30.0 Å². The number of aliphatic hydroxyl groups excluding tert-OH is 3. The van der Waals surface area contributed by atoms with Gasteiger partial charge >= 0.3 is 11.9 Å². The van der Waals surface area contributed by atoms with Gasteiger partial charge in [0.25, 0.3) is 0 Å². The molecule has 2 heterocycles. The van der Waals surface area contributed by atoms with Gasteiger partial charge in [0, 0.05) is 32.1 Å². The van der Waals surface area contributed by atoms with E-state index < -0.39 is 67.1 Å². The third kappa shape index (κ3) is 12.9. The lowest BCUT2D eigenvalue weighted by Crippen LogP contribution is -2.58. The predicted molar refractivity (Wildman–Crippen MR) is 193 cm³/mol. The number of benzene rings is 1. The van der Waals surface area contributed by atoms with E-state index >= 15 is 0 Å². The normalized spacial score (nSPS) is 36.8. The molecule has 0 aromatic heterocycles. The van der Waals surface area contributed by atoms with Crippen molar-refractivity contribution in [3.8, 4) is 0 Å². The van der Waals surface area contributed by atoms with Crippen LogP contribution in [0.1, 0.15) is 71.2 Å². The SMILES string of the molecule is CO[C@@H]1[C@@H](O)[C@H](O)[C@H](O[C@@H]2/C=C/C(C)=C/CC[C@H](O)[C@@H](OC)C[C@@H](COC(=O)c3ccccc3)OC(=O)/C(C)=C/C(C)=C/C(C)=C/[C@H]2C)O[C@H]1C. The van der Waals surface area contributed by atoms with Crippen molar-refractivity contribution in [2.45, 2.75) is 116 Å². The van der Waals surface area contributed by atoms with Crippen LogP contribution < -0.4 is 0 Å². The van der Waals surface area contributed by atoms with E-state index in [2.05, 4.69) is 0 Å². The van der Waals surface area contributed by atoms with Gasteiger partial charge in [0.2, 0.25) is 0 Å². The highest BCUT2D eigenvalue weighted by atomic mass is 16.7. The topological polar surface area (TPSA) is 150 Å². The van der Waals surface area contributed by atoms with Crippen molar-refractivity contribution in [3.63, 3.8) is 0 Å². The Labute approximate surface area is 302 Å². The van der Waals surface area contributed by atoms with E-state index in [1.54, 1.807) is 50.3 Å². The molecule has 2 aliphatic rings. The van der Waals surface area contributed by atoms with Crippen molar-refractivity contribution in [1.82, 2.24) is 0 Å². The van der Waals surface area contributed by atoms with Crippen molar-refractivity contribution in [3.05, 3.63) is 94.6 Å². The van der Waals surface area contributed by atoms with Gasteiger partial charge in [-0.25, -0.2) is 9.59 Å². The van der Waals surface area contributed by atoms with Crippen LogP contribution in [0.5, 0.6) is 0 Å². The molecule has 0 saturated carbocycles. The summed E-state index contributed by atoms with van der Waals surface area (Å²) in [6, 6.07) is 8.54. The van der Waals surface area contributed by atoms with E-state index in [-0.39, 0.29) is 18.9 Å². The molecule has 0 amide bonds. The smallest absolute Gasteiger partial charge is 0.338 e. The molecular weight excluding hydrogens is 656 g/mol. The fourth-order valence-corrected chi connectivity index (χ4v) is 6.18. The molecule has 1 saturated heterocycles. The number of carbonyl (C=O) groups is 2. The highest BCUT2D eigenvalue weighted by Gasteiger charge is 2.44. The summed E-state index contributed by atoms with van der Waals surface area (Å²) in [5, 5.41) is 32.6. The Balaban J connectivity index is 1.90. The summed E-state index contributed by atoms with van der Waals surface area (Å²) in [5.41, 5.74) is 3.32. The van der Waals surface area contributed by atoms with Gasteiger partial charge in [-0.05, 0) is 65.7 Å². The third-order valence-corrected chi connectivity index (χ3v) is 8.99. The van der Waals surface area contributed by atoms with Crippen molar-refractivity contribution in [1.29, 1.82) is 0 Å². The fourth-order valence-electron chi connectivity index (χ4n) is 6.18.